The second kappa shape index (κ2) is 10.1. The molecule has 0 aromatic heterocycles. The molecule has 0 radical (unpaired) electrons. The monoisotopic (exact) mass is 495 g/mol. The predicted octanol–water partition coefficient (Wildman–Crippen LogP) is 6.96. The molecule has 0 aliphatic heterocycles. The summed E-state index contributed by atoms with van der Waals surface area (Å²) in [5.41, 5.74) is 2.89. The van der Waals surface area contributed by atoms with Gasteiger partial charge in [-0.15, -0.1) is 0 Å². The van der Waals surface area contributed by atoms with Crippen LogP contribution in [0.1, 0.15) is 11.1 Å². The minimum Gasteiger partial charge on any atom is -0.495 e. The van der Waals surface area contributed by atoms with Crippen LogP contribution in [-0.4, -0.2) is 14.2 Å². The van der Waals surface area contributed by atoms with Gasteiger partial charge in [-0.3, -0.25) is 0 Å². The van der Waals surface area contributed by atoms with E-state index in [1.807, 2.05) is 54.6 Å². The Bertz CT molecular complexity index is 998. The van der Waals surface area contributed by atoms with Crippen LogP contribution < -0.4 is 19.5 Å². The maximum Gasteiger partial charge on any atom is 0.162 e. The van der Waals surface area contributed by atoms with Gasteiger partial charge < -0.3 is 19.5 Å². The lowest BCUT2D eigenvalue weighted by molar-refractivity contribution is 0.284. The number of benzene rings is 3. The van der Waals surface area contributed by atoms with Gasteiger partial charge in [-0.2, -0.15) is 0 Å². The zero-order chi connectivity index (χ0) is 20.8. The Morgan fingerprint density at radius 3 is 2.38 bits per heavy atom. The average molecular weight is 497 g/mol. The average Bonchev–Trinajstić information content (AvgIpc) is 2.71. The van der Waals surface area contributed by atoms with Gasteiger partial charge in [0.05, 0.1) is 19.2 Å². The summed E-state index contributed by atoms with van der Waals surface area (Å²) in [6.45, 7) is 0.972. The maximum atomic E-state index is 6.19. The molecule has 152 valence electrons. The summed E-state index contributed by atoms with van der Waals surface area (Å²) in [6.07, 6.45) is 0. The van der Waals surface area contributed by atoms with Crippen LogP contribution in [0.15, 0.2) is 59.1 Å². The molecule has 0 saturated heterocycles. The third-order valence-electron chi connectivity index (χ3n) is 4.25. The molecule has 0 saturated carbocycles. The Kier molecular flexibility index (Phi) is 7.53. The van der Waals surface area contributed by atoms with Gasteiger partial charge in [0.1, 0.15) is 12.4 Å². The molecular formula is C22H20BrCl2NO3. The van der Waals surface area contributed by atoms with Crippen molar-refractivity contribution in [2.24, 2.45) is 0 Å². The summed E-state index contributed by atoms with van der Waals surface area (Å²) < 4.78 is 17.6. The van der Waals surface area contributed by atoms with E-state index in [1.54, 1.807) is 14.2 Å². The largest absolute Gasteiger partial charge is 0.495 e. The molecule has 0 fully saturated rings. The normalized spacial score (nSPS) is 10.5. The first-order valence-electron chi connectivity index (χ1n) is 8.81. The number of ether oxygens (including phenoxy) is 3. The van der Waals surface area contributed by atoms with Crippen LogP contribution >= 0.6 is 39.1 Å². The smallest absolute Gasteiger partial charge is 0.162 e. The van der Waals surface area contributed by atoms with E-state index >= 15 is 0 Å². The molecule has 3 aromatic rings. The van der Waals surface area contributed by atoms with Gasteiger partial charge in [0.2, 0.25) is 0 Å². The third-order valence-corrected chi connectivity index (χ3v) is 5.52. The lowest BCUT2D eigenvalue weighted by atomic mass is 10.2. The Morgan fingerprint density at radius 1 is 0.897 bits per heavy atom. The molecule has 0 aliphatic carbocycles. The summed E-state index contributed by atoms with van der Waals surface area (Å²) >= 11 is 15.8. The van der Waals surface area contributed by atoms with Crippen LogP contribution in [0.5, 0.6) is 17.2 Å². The first-order chi connectivity index (χ1) is 14.0. The Balaban J connectivity index is 1.71. The third kappa shape index (κ3) is 5.72. The Labute approximate surface area is 188 Å². The van der Waals surface area contributed by atoms with E-state index in [-0.39, 0.29) is 0 Å². The molecule has 0 unspecified atom stereocenters. The number of methoxy groups -OCH3 is 2. The van der Waals surface area contributed by atoms with Crippen molar-refractivity contribution in [2.75, 3.05) is 19.5 Å². The molecule has 3 rings (SSSR count). The van der Waals surface area contributed by atoms with Crippen molar-refractivity contribution >= 4 is 44.8 Å². The molecule has 0 spiro atoms. The Morgan fingerprint density at radius 2 is 1.69 bits per heavy atom. The first-order valence-corrected chi connectivity index (χ1v) is 10.4. The van der Waals surface area contributed by atoms with Gasteiger partial charge in [0, 0.05) is 21.7 Å². The van der Waals surface area contributed by atoms with Crippen molar-refractivity contribution < 1.29 is 14.2 Å². The van der Waals surface area contributed by atoms with Crippen molar-refractivity contribution in [3.05, 3.63) is 80.2 Å². The molecule has 4 nitrogen and oxygen atoms in total. The predicted molar refractivity (Wildman–Crippen MR) is 122 cm³/mol. The van der Waals surface area contributed by atoms with Crippen molar-refractivity contribution in [2.45, 2.75) is 13.2 Å². The summed E-state index contributed by atoms with van der Waals surface area (Å²) in [5.74, 6) is 1.94. The van der Waals surface area contributed by atoms with Crippen molar-refractivity contribution in [3.8, 4) is 17.2 Å². The van der Waals surface area contributed by atoms with Crippen molar-refractivity contribution in [3.63, 3.8) is 0 Å². The van der Waals surface area contributed by atoms with E-state index < -0.39 is 0 Å². The fraction of sp³-hybridized carbons (Fsp3) is 0.182. The van der Waals surface area contributed by atoms with Crippen LogP contribution in [0.25, 0.3) is 0 Å². The summed E-state index contributed by atoms with van der Waals surface area (Å²) in [4.78, 5) is 0. The number of rotatable bonds is 8. The van der Waals surface area contributed by atoms with E-state index in [9.17, 15) is 0 Å². The molecule has 0 atom stereocenters. The summed E-state index contributed by atoms with van der Waals surface area (Å²) in [6, 6.07) is 17.0. The minimum absolute atomic E-state index is 0.394. The Hall–Kier alpha value is -2.08. The number of halogens is 3. The van der Waals surface area contributed by atoms with Gasteiger partial charge >= 0.3 is 0 Å². The van der Waals surface area contributed by atoms with Crippen molar-refractivity contribution in [1.29, 1.82) is 0 Å². The fourth-order valence-electron chi connectivity index (χ4n) is 2.75. The molecule has 0 bridgehead atoms. The summed E-state index contributed by atoms with van der Waals surface area (Å²) in [7, 11) is 3.21. The highest BCUT2D eigenvalue weighted by molar-refractivity contribution is 9.10. The van der Waals surface area contributed by atoms with Gasteiger partial charge in [0.25, 0.3) is 0 Å². The molecule has 3 aromatic carbocycles. The van der Waals surface area contributed by atoms with E-state index in [2.05, 4.69) is 21.2 Å². The zero-order valence-corrected chi connectivity index (χ0v) is 19.1. The molecule has 0 aliphatic rings. The number of hydrogen-bond acceptors (Lipinski definition) is 4. The van der Waals surface area contributed by atoms with Crippen LogP contribution in [0.3, 0.4) is 0 Å². The van der Waals surface area contributed by atoms with E-state index in [0.29, 0.717) is 40.4 Å². The number of nitrogens with one attached hydrogen (secondary N) is 1. The second-order valence-electron chi connectivity index (χ2n) is 6.22. The van der Waals surface area contributed by atoms with Crippen LogP contribution in [-0.2, 0) is 13.2 Å². The molecule has 7 heteroatoms. The quantitative estimate of drug-likeness (QED) is 0.365. The van der Waals surface area contributed by atoms with Gasteiger partial charge in [0.15, 0.2) is 11.5 Å². The maximum absolute atomic E-state index is 6.19. The number of anilines is 1. The SMILES string of the molecule is COc1ccc(NCc2cc(OC)c(OCc3cccc(Cl)c3)cc2Br)cc1Cl. The first kappa shape index (κ1) is 21.6. The van der Waals surface area contributed by atoms with Gasteiger partial charge in [-0.25, -0.2) is 0 Å². The van der Waals surface area contributed by atoms with E-state index in [1.165, 1.54) is 0 Å². The highest BCUT2D eigenvalue weighted by atomic mass is 79.9. The highest BCUT2D eigenvalue weighted by Gasteiger charge is 2.11. The summed E-state index contributed by atoms with van der Waals surface area (Å²) in [5, 5.41) is 4.58. The molecule has 0 heterocycles. The van der Waals surface area contributed by atoms with Crippen LogP contribution in [0.2, 0.25) is 10.0 Å². The zero-order valence-electron chi connectivity index (χ0n) is 16.0. The topological polar surface area (TPSA) is 39.7 Å². The lowest BCUT2D eigenvalue weighted by Crippen LogP contribution is -2.03. The van der Waals surface area contributed by atoms with Gasteiger partial charge in [-0.1, -0.05) is 51.3 Å². The molecule has 29 heavy (non-hydrogen) atoms. The van der Waals surface area contributed by atoms with E-state index in [4.69, 9.17) is 37.4 Å². The molecule has 1 N–H and O–H groups in total. The number of hydrogen-bond donors (Lipinski definition) is 1. The van der Waals surface area contributed by atoms with E-state index in [0.717, 1.165) is 21.3 Å². The lowest BCUT2D eigenvalue weighted by Gasteiger charge is -2.15. The minimum atomic E-state index is 0.394. The standard InChI is InChI=1S/C22H20BrCl2NO3/c1-27-20-7-6-17(10-19(20)25)26-12-15-9-21(28-2)22(11-18(15)23)29-13-14-4-3-5-16(24)8-14/h3-11,26H,12-13H2,1-2H3. The van der Waals surface area contributed by atoms with Crippen molar-refractivity contribution in [1.82, 2.24) is 0 Å². The molecule has 0 amide bonds. The van der Waals surface area contributed by atoms with Crippen LogP contribution in [0.4, 0.5) is 5.69 Å². The fourth-order valence-corrected chi connectivity index (χ4v) is 3.68. The highest BCUT2D eigenvalue weighted by Crippen LogP contribution is 2.35. The second-order valence-corrected chi connectivity index (χ2v) is 7.91. The van der Waals surface area contributed by atoms with Gasteiger partial charge in [-0.05, 0) is 53.6 Å². The molecular weight excluding hydrogens is 477 g/mol. The van der Waals surface area contributed by atoms with Crippen LogP contribution in [0, 0.1) is 0 Å².